The molecule has 0 heterocycles. The molecule has 0 saturated heterocycles. The van der Waals surface area contributed by atoms with Gasteiger partial charge in [-0.1, -0.05) is 5.16 Å². The summed E-state index contributed by atoms with van der Waals surface area (Å²) in [6, 6.07) is 0.0800. The Morgan fingerprint density at radius 2 is 2.21 bits per heavy atom. The summed E-state index contributed by atoms with van der Waals surface area (Å²) in [6.07, 6.45) is 1.96. The summed E-state index contributed by atoms with van der Waals surface area (Å²) in [4.78, 5) is 0. The fraction of sp³-hybridized carbons (Fsp3) is 0.833. The van der Waals surface area contributed by atoms with Crippen LogP contribution in [0.4, 0.5) is 0 Å². The molecule has 5 N–H and O–H groups in total. The molecule has 1 fully saturated rings. The van der Waals surface area contributed by atoms with E-state index in [1.165, 1.54) is 0 Å². The number of oxime groups is 1. The van der Waals surface area contributed by atoms with E-state index in [-0.39, 0.29) is 24.8 Å². The molecule has 1 saturated carbocycles. The highest BCUT2D eigenvalue weighted by atomic mass is 32.2. The van der Waals surface area contributed by atoms with Crippen molar-refractivity contribution in [3.05, 3.63) is 0 Å². The van der Waals surface area contributed by atoms with E-state index in [0.717, 1.165) is 12.8 Å². The summed E-state index contributed by atoms with van der Waals surface area (Å²) < 4.78 is 27.1. The van der Waals surface area contributed by atoms with Gasteiger partial charge in [0.05, 0.1) is 0 Å². The van der Waals surface area contributed by atoms with Crippen LogP contribution in [0.3, 0.4) is 0 Å². The maximum atomic E-state index is 11.2. The van der Waals surface area contributed by atoms with Crippen LogP contribution >= 0.6 is 0 Å². The second-order valence-corrected chi connectivity index (χ2v) is 4.66. The second-order valence-electron chi connectivity index (χ2n) is 3.13. The molecule has 0 atom stereocenters. The summed E-state index contributed by atoms with van der Waals surface area (Å²) in [7, 11) is -3.41. The minimum absolute atomic E-state index is 0.000813. The number of hydrogen-bond donors (Lipinski definition) is 4. The van der Waals surface area contributed by atoms with Crippen LogP contribution in [0.1, 0.15) is 19.3 Å². The lowest BCUT2D eigenvalue weighted by molar-refractivity contribution is 0.317. The van der Waals surface area contributed by atoms with E-state index in [1.807, 2.05) is 0 Å². The first kappa shape index (κ1) is 11.2. The average molecular weight is 222 g/mol. The molecule has 1 rings (SSSR count). The molecule has 0 amide bonds. The highest BCUT2D eigenvalue weighted by Crippen LogP contribution is 2.19. The van der Waals surface area contributed by atoms with Crippen LogP contribution in [-0.4, -0.2) is 32.0 Å². The number of nitrogens with two attached hydrogens (primary N) is 1. The van der Waals surface area contributed by atoms with Crippen molar-refractivity contribution in [2.45, 2.75) is 25.3 Å². The summed E-state index contributed by atoms with van der Waals surface area (Å²) in [5.74, 6) is -0.000813. The molecule has 0 spiro atoms. The Bertz CT molecular complexity index is 309. The maximum Gasteiger partial charge on any atom is 0.277 e. The van der Waals surface area contributed by atoms with Gasteiger partial charge in [0.15, 0.2) is 0 Å². The Hall–Kier alpha value is -0.860. The third kappa shape index (κ3) is 4.40. The average Bonchev–Trinajstić information content (AvgIpc) is 2.86. The van der Waals surface area contributed by atoms with E-state index < -0.39 is 10.2 Å². The predicted octanol–water partition coefficient (Wildman–Crippen LogP) is -1.29. The van der Waals surface area contributed by atoms with Crippen LogP contribution in [-0.2, 0) is 10.2 Å². The Kier molecular flexibility index (Phi) is 3.67. The van der Waals surface area contributed by atoms with Crippen LogP contribution in [0.2, 0.25) is 0 Å². The standard InChI is InChI=1S/C6H14N4O3S/c7-6(9-11)3-4-8-14(12,13)10-5-1-2-5/h5,8,10-11H,1-4H2,(H2,7,9). The lowest BCUT2D eigenvalue weighted by Gasteiger charge is -2.06. The van der Waals surface area contributed by atoms with E-state index in [0.29, 0.717) is 0 Å². The van der Waals surface area contributed by atoms with Crippen LogP contribution in [0.15, 0.2) is 5.16 Å². The van der Waals surface area contributed by atoms with Crippen molar-refractivity contribution in [1.82, 2.24) is 9.44 Å². The van der Waals surface area contributed by atoms with Crippen molar-refractivity contribution >= 4 is 16.0 Å². The molecule has 1 aliphatic rings. The fourth-order valence-corrected chi connectivity index (χ4v) is 1.95. The van der Waals surface area contributed by atoms with Crippen molar-refractivity contribution in [2.24, 2.45) is 10.9 Å². The summed E-state index contributed by atoms with van der Waals surface area (Å²) >= 11 is 0. The number of amidine groups is 1. The normalized spacial score (nSPS) is 18.4. The molecule has 0 aromatic heterocycles. The van der Waals surface area contributed by atoms with E-state index >= 15 is 0 Å². The number of nitrogens with one attached hydrogen (secondary N) is 2. The van der Waals surface area contributed by atoms with Gasteiger partial charge in [-0.3, -0.25) is 0 Å². The van der Waals surface area contributed by atoms with Crippen LogP contribution < -0.4 is 15.2 Å². The highest BCUT2D eigenvalue weighted by molar-refractivity contribution is 7.87. The van der Waals surface area contributed by atoms with Gasteiger partial charge in [-0.05, 0) is 12.8 Å². The summed E-state index contributed by atoms with van der Waals surface area (Å²) in [6.45, 7) is 0.123. The van der Waals surface area contributed by atoms with E-state index in [4.69, 9.17) is 10.9 Å². The van der Waals surface area contributed by atoms with Crippen molar-refractivity contribution < 1.29 is 13.6 Å². The fourth-order valence-electron chi connectivity index (χ4n) is 0.826. The number of rotatable bonds is 6. The third-order valence-corrected chi connectivity index (χ3v) is 2.93. The molecule has 0 aromatic rings. The lowest BCUT2D eigenvalue weighted by Crippen LogP contribution is -2.39. The first-order valence-corrected chi connectivity index (χ1v) is 5.75. The minimum Gasteiger partial charge on any atom is -0.409 e. The molecule has 0 radical (unpaired) electrons. The van der Waals surface area contributed by atoms with Crippen molar-refractivity contribution in [3.63, 3.8) is 0 Å². The zero-order chi connectivity index (χ0) is 10.6. The van der Waals surface area contributed by atoms with Gasteiger partial charge in [-0.15, -0.1) is 0 Å². The predicted molar refractivity (Wildman–Crippen MR) is 51.1 cm³/mol. The highest BCUT2D eigenvalue weighted by Gasteiger charge is 2.26. The smallest absolute Gasteiger partial charge is 0.277 e. The molecule has 14 heavy (non-hydrogen) atoms. The SMILES string of the molecule is NC(CCNS(=O)(=O)NC1CC1)=NO. The molecule has 7 nitrogen and oxygen atoms in total. The number of hydrogen-bond acceptors (Lipinski definition) is 4. The molecule has 0 unspecified atom stereocenters. The lowest BCUT2D eigenvalue weighted by atomic mass is 10.4. The Labute approximate surface area is 82.5 Å². The summed E-state index contributed by atoms with van der Waals surface area (Å²) in [5, 5.41) is 10.9. The molecular weight excluding hydrogens is 208 g/mol. The molecule has 0 bridgehead atoms. The van der Waals surface area contributed by atoms with E-state index in [9.17, 15) is 8.42 Å². The molecule has 1 aliphatic carbocycles. The second kappa shape index (κ2) is 4.58. The maximum absolute atomic E-state index is 11.2. The van der Waals surface area contributed by atoms with Crippen molar-refractivity contribution in [3.8, 4) is 0 Å². The van der Waals surface area contributed by atoms with Gasteiger partial charge in [-0.2, -0.15) is 13.1 Å². The molecular formula is C6H14N4O3S. The minimum atomic E-state index is -3.41. The van der Waals surface area contributed by atoms with E-state index in [1.54, 1.807) is 0 Å². The van der Waals surface area contributed by atoms with Crippen molar-refractivity contribution in [2.75, 3.05) is 6.54 Å². The monoisotopic (exact) mass is 222 g/mol. The van der Waals surface area contributed by atoms with Gasteiger partial charge in [0, 0.05) is 19.0 Å². The van der Waals surface area contributed by atoms with Crippen LogP contribution in [0, 0.1) is 0 Å². The molecule has 0 aromatic carbocycles. The van der Waals surface area contributed by atoms with Gasteiger partial charge in [0.2, 0.25) is 0 Å². The van der Waals surface area contributed by atoms with Crippen molar-refractivity contribution in [1.29, 1.82) is 0 Å². The first-order chi connectivity index (χ1) is 6.53. The third-order valence-electron chi connectivity index (χ3n) is 1.70. The van der Waals surface area contributed by atoms with Crippen LogP contribution in [0.5, 0.6) is 0 Å². The van der Waals surface area contributed by atoms with Gasteiger partial charge >= 0.3 is 0 Å². The largest absolute Gasteiger partial charge is 0.409 e. The Morgan fingerprint density at radius 1 is 1.57 bits per heavy atom. The van der Waals surface area contributed by atoms with Gasteiger partial charge in [0.1, 0.15) is 5.84 Å². The molecule has 82 valence electrons. The summed E-state index contributed by atoms with van der Waals surface area (Å²) in [5.41, 5.74) is 5.16. The quantitative estimate of drug-likeness (QED) is 0.193. The van der Waals surface area contributed by atoms with E-state index in [2.05, 4.69) is 14.6 Å². The van der Waals surface area contributed by atoms with Gasteiger partial charge < -0.3 is 10.9 Å². The zero-order valence-electron chi connectivity index (χ0n) is 7.60. The number of nitrogens with zero attached hydrogens (tertiary/aromatic N) is 1. The Morgan fingerprint density at radius 3 is 2.71 bits per heavy atom. The Balaban J connectivity index is 2.21. The van der Waals surface area contributed by atoms with Gasteiger partial charge in [-0.25, -0.2) is 4.72 Å². The van der Waals surface area contributed by atoms with Gasteiger partial charge in [0.25, 0.3) is 10.2 Å². The zero-order valence-corrected chi connectivity index (χ0v) is 8.42. The first-order valence-electron chi connectivity index (χ1n) is 4.27. The molecule has 8 heteroatoms. The topological polar surface area (TPSA) is 117 Å². The molecule has 0 aliphatic heterocycles. The van der Waals surface area contributed by atoms with Crippen LogP contribution in [0.25, 0.3) is 0 Å².